The van der Waals surface area contributed by atoms with E-state index in [9.17, 15) is 5.11 Å². The van der Waals surface area contributed by atoms with Crippen molar-refractivity contribution >= 4 is 31.9 Å². The lowest BCUT2D eigenvalue weighted by atomic mass is 9.76. The number of aliphatic hydroxyl groups excluding tert-OH is 1. The molecule has 0 saturated heterocycles. The topological polar surface area (TPSA) is 20.2 Å². The van der Waals surface area contributed by atoms with Gasteiger partial charge in [-0.2, -0.15) is 0 Å². The van der Waals surface area contributed by atoms with Crippen LogP contribution < -0.4 is 0 Å². The van der Waals surface area contributed by atoms with Crippen LogP contribution >= 0.6 is 31.9 Å². The average molecular weight is 324 g/mol. The van der Waals surface area contributed by atoms with Crippen LogP contribution in [0.5, 0.6) is 0 Å². The summed E-state index contributed by atoms with van der Waals surface area (Å²) in [6.45, 7) is 6.22. The van der Waals surface area contributed by atoms with Crippen LogP contribution in [0.4, 0.5) is 0 Å². The van der Waals surface area contributed by atoms with E-state index in [0.29, 0.717) is 4.83 Å². The Morgan fingerprint density at radius 3 is 2.43 bits per heavy atom. The molecule has 0 fully saturated rings. The van der Waals surface area contributed by atoms with Crippen molar-refractivity contribution in [1.82, 2.24) is 0 Å². The van der Waals surface area contributed by atoms with Gasteiger partial charge < -0.3 is 5.11 Å². The second-order valence-corrected chi connectivity index (χ2v) is 6.79. The highest BCUT2D eigenvalue weighted by Gasteiger charge is 2.36. The molecule has 0 radical (unpaired) electrons. The van der Waals surface area contributed by atoms with Crippen LogP contribution in [-0.2, 0) is 0 Å². The van der Waals surface area contributed by atoms with Gasteiger partial charge in [-0.25, -0.2) is 0 Å². The fourth-order valence-corrected chi connectivity index (χ4v) is 2.19. The largest absolute Gasteiger partial charge is 0.388 e. The monoisotopic (exact) mass is 322 g/mol. The highest BCUT2D eigenvalue weighted by Crippen LogP contribution is 2.38. The first kappa shape index (κ1) is 12.5. The summed E-state index contributed by atoms with van der Waals surface area (Å²) < 4.78 is 0. The van der Waals surface area contributed by atoms with Crippen molar-refractivity contribution in [2.75, 3.05) is 0 Å². The molecule has 0 aliphatic heterocycles. The van der Waals surface area contributed by atoms with Gasteiger partial charge in [-0.3, -0.25) is 0 Å². The summed E-state index contributed by atoms with van der Waals surface area (Å²) in [6, 6.07) is 0. The van der Waals surface area contributed by atoms with Gasteiger partial charge >= 0.3 is 0 Å². The molecule has 3 heteroatoms. The molecule has 0 aromatic rings. The molecule has 4 atom stereocenters. The standard InChI is InChI=1S/C11H16Br2O/c1-7(12)9-4-5-10(14)11(3,6-9)8(2)13/h4-8,10,14H,1-3H3. The van der Waals surface area contributed by atoms with Crippen molar-refractivity contribution in [3.63, 3.8) is 0 Å². The second-order valence-electron chi connectivity index (χ2n) is 4.05. The van der Waals surface area contributed by atoms with E-state index in [2.05, 4.69) is 58.7 Å². The molecular weight excluding hydrogens is 308 g/mol. The lowest BCUT2D eigenvalue weighted by molar-refractivity contribution is 0.112. The molecule has 1 rings (SSSR count). The van der Waals surface area contributed by atoms with Crippen LogP contribution in [0.1, 0.15) is 20.8 Å². The molecule has 0 saturated carbocycles. The number of hydrogen-bond acceptors (Lipinski definition) is 1. The zero-order valence-corrected chi connectivity index (χ0v) is 11.8. The Balaban J connectivity index is 3.02. The van der Waals surface area contributed by atoms with E-state index in [1.807, 2.05) is 12.2 Å². The highest BCUT2D eigenvalue weighted by molar-refractivity contribution is 9.09. The predicted molar refractivity (Wildman–Crippen MR) is 68.1 cm³/mol. The maximum absolute atomic E-state index is 9.92. The Morgan fingerprint density at radius 2 is 2.00 bits per heavy atom. The molecule has 1 aliphatic carbocycles. The molecule has 1 nitrogen and oxygen atoms in total. The second kappa shape index (κ2) is 4.50. The molecule has 1 N–H and O–H groups in total. The summed E-state index contributed by atoms with van der Waals surface area (Å²) in [6.07, 6.45) is 5.59. The quantitative estimate of drug-likeness (QED) is 0.772. The van der Waals surface area contributed by atoms with Crippen LogP contribution in [0.2, 0.25) is 0 Å². The first-order valence-corrected chi connectivity index (χ1v) is 6.58. The van der Waals surface area contributed by atoms with E-state index < -0.39 is 6.10 Å². The van der Waals surface area contributed by atoms with Gasteiger partial charge in [-0.15, -0.1) is 0 Å². The smallest absolute Gasteiger partial charge is 0.0822 e. The van der Waals surface area contributed by atoms with Gasteiger partial charge in [0.2, 0.25) is 0 Å². The number of halogens is 2. The van der Waals surface area contributed by atoms with Gasteiger partial charge in [0.05, 0.1) is 6.10 Å². The van der Waals surface area contributed by atoms with Crippen LogP contribution in [-0.4, -0.2) is 20.9 Å². The third kappa shape index (κ3) is 2.31. The minimum atomic E-state index is -0.410. The third-order valence-corrected chi connectivity index (χ3v) is 4.42. The molecule has 0 bridgehead atoms. The van der Waals surface area contributed by atoms with Gasteiger partial charge in [-0.05, 0) is 12.5 Å². The first-order valence-electron chi connectivity index (χ1n) is 4.75. The minimum absolute atomic E-state index is 0.216. The van der Waals surface area contributed by atoms with Gasteiger partial charge in [0.1, 0.15) is 0 Å². The molecular formula is C11H16Br2O. The molecule has 4 unspecified atom stereocenters. The summed E-state index contributed by atoms with van der Waals surface area (Å²) in [5.74, 6) is 0. The van der Waals surface area contributed by atoms with Crippen molar-refractivity contribution in [3.05, 3.63) is 23.8 Å². The van der Waals surface area contributed by atoms with E-state index in [1.165, 1.54) is 5.57 Å². The summed E-state index contributed by atoms with van der Waals surface area (Å²) >= 11 is 7.10. The van der Waals surface area contributed by atoms with E-state index in [1.54, 1.807) is 0 Å². The Hall–Kier alpha value is 0.400. The number of rotatable bonds is 2. The maximum Gasteiger partial charge on any atom is 0.0822 e. The third-order valence-electron chi connectivity index (χ3n) is 2.90. The van der Waals surface area contributed by atoms with Crippen molar-refractivity contribution in [1.29, 1.82) is 0 Å². The Bertz CT molecular complexity index is 268. The number of hydrogen-bond donors (Lipinski definition) is 1. The minimum Gasteiger partial charge on any atom is -0.388 e. The molecule has 0 aromatic heterocycles. The van der Waals surface area contributed by atoms with Gasteiger partial charge in [0, 0.05) is 15.1 Å². The summed E-state index contributed by atoms with van der Waals surface area (Å²) in [5.41, 5.74) is 1.01. The average Bonchev–Trinajstić information content (AvgIpc) is 2.09. The van der Waals surface area contributed by atoms with Gasteiger partial charge in [0.15, 0.2) is 0 Å². The van der Waals surface area contributed by atoms with Crippen molar-refractivity contribution in [2.24, 2.45) is 5.41 Å². The van der Waals surface area contributed by atoms with Crippen molar-refractivity contribution < 1.29 is 5.11 Å². The normalized spacial score (nSPS) is 36.4. The number of alkyl halides is 2. The van der Waals surface area contributed by atoms with Crippen LogP contribution in [0.25, 0.3) is 0 Å². The lowest BCUT2D eigenvalue weighted by Crippen LogP contribution is -2.38. The zero-order valence-electron chi connectivity index (χ0n) is 8.67. The SMILES string of the molecule is CC(Br)C1=CC(C)(C(C)Br)C(O)C=C1. The summed E-state index contributed by atoms with van der Waals surface area (Å²) in [4.78, 5) is 0.577. The Labute approximate surface area is 103 Å². The summed E-state index contributed by atoms with van der Waals surface area (Å²) in [5, 5.41) is 9.92. The number of aliphatic hydroxyl groups is 1. The summed E-state index contributed by atoms with van der Waals surface area (Å²) in [7, 11) is 0. The van der Waals surface area contributed by atoms with Gasteiger partial charge in [0.25, 0.3) is 0 Å². The number of allylic oxidation sites excluding steroid dienone is 2. The molecule has 14 heavy (non-hydrogen) atoms. The van der Waals surface area contributed by atoms with E-state index >= 15 is 0 Å². The van der Waals surface area contributed by atoms with Crippen LogP contribution in [0.15, 0.2) is 23.8 Å². The fraction of sp³-hybridized carbons (Fsp3) is 0.636. The highest BCUT2D eigenvalue weighted by atomic mass is 79.9. The van der Waals surface area contributed by atoms with Crippen LogP contribution in [0.3, 0.4) is 0 Å². The first-order chi connectivity index (χ1) is 6.38. The van der Waals surface area contributed by atoms with Crippen molar-refractivity contribution in [3.8, 4) is 0 Å². The van der Waals surface area contributed by atoms with Crippen molar-refractivity contribution in [2.45, 2.75) is 36.5 Å². The van der Waals surface area contributed by atoms with E-state index in [-0.39, 0.29) is 10.2 Å². The Morgan fingerprint density at radius 1 is 1.43 bits per heavy atom. The molecule has 0 spiro atoms. The maximum atomic E-state index is 9.92. The Kier molecular flexibility index (Phi) is 4.01. The van der Waals surface area contributed by atoms with E-state index in [4.69, 9.17) is 0 Å². The zero-order chi connectivity index (χ0) is 10.9. The van der Waals surface area contributed by atoms with Gasteiger partial charge in [-0.1, -0.05) is 63.9 Å². The fourth-order valence-electron chi connectivity index (χ4n) is 1.50. The van der Waals surface area contributed by atoms with E-state index in [0.717, 1.165) is 0 Å². The lowest BCUT2D eigenvalue weighted by Gasteiger charge is -2.36. The molecule has 0 amide bonds. The molecule has 0 aromatic carbocycles. The van der Waals surface area contributed by atoms with Crippen LogP contribution in [0, 0.1) is 5.41 Å². The molecule has 0 heterocycles. The predicted octanol–water partition coefficient (Wildman–Crippen LogP) is 3.42. The molecule has 80 valence electrons. The molecule has 1 aliphatic rings.